The van der Waals surface area contributed by atoms with Crippen LogP contribution in [0.25, 0.3) is 11.0 Å². The summed E-state index contributed by atoms with van der Waals surface area (Å²) in [6.45, 7) is 0.667. The number of fused-ring (bicyclic) bond motifs is 1. The molecule has 0 amide bonds. The maximum atomic E-state index is 5.95. The predicted octanol–water partition coefficient (Wildman–Crippen LogP) is 4.27. The van der Waals surface area contributed by atoms with Crippen molar-refractivity contribution in [1.82, 2.24) is 19.7 Å². The fraction of sp³-hybridized carbons (Fsp3) is 0.389. The van der Waals surface area contributed by atoms with Gasteiger partial charge in [-0.15, -0.1) is 0 Å². The molecule has 1 N–H and O–H groups in total. The standard InChI is InChI=1S/C18H20ClN5/c19-14-8-6-13(7-9-14)11-24-18-16(10-22-24)17(20-12-21-18)23-15-4-2-1-3-5-15/h6-10,12,15H,1-5,11H2,(H,20,21,23). The highest BCUT2D eigenvalue weighted by atomic mass is 35.5. The van der Waals surface area contributed by atoms with Gasteiger partial charge in [0.05, 0.1) is 18.1 Å². The first-order valence-corrected chi connectivity index (χ1v) is 8.85. The highest BCUT2D eigenvalue weighted by Crippen LogP contribution is 2.25. The third-order valence-electron chi connectivity index (χ3n) is 4.63. The smallest absolute Gasteiger partial charge is 0.163 e. The molecule has 3 aromatic rings. The number of anilines is 1. The predicted molar refractivity (Wildman–Crippen MR) is 96.4 cm³/mol. The van der Waals surface area contributed by atoms with E-state index in [9.17, 15) is 0 Å². The summed E-state index contributed by atoms with van der Waals surface area (Å²) in [5.74, 6) is 0.897. The highest BCUT2D eigenvalue weighted by Gasteiger charge is 2.16. The maximum absolute atomic E-state index is 5.95. The van der Waals surface area contributed by atoms with Crippen molar-refractivity contribution in [3.63, 3.8) is 0 Å². The molecule has 1 fully saturated rings. The van der Waals surface area contributed by atoms with E-state index in [1.54, 1.807) is 6.33 Å². The van der Waals surface area contributed by atoms with Crippen LogP contribution >= 0.6 is 11.6 Å². The van der Waals surface area contributed by atoms with E-state index in [2.05, 4.69) is 20.4 Å². The molecule has 0 atom stereocenters. The van der Waals surface area contributed by atoms with E-state index in [1.165, 1.54) is 32.1 Å². The molecule has 2 aromatic heterocycles. The molecular weight excluding hydrogens is 322 g/mol. The Kier molecular flexibility index (Phi) is 4.34. The average Bonchev–Trinajstić information content (AvgIpc) is 3.02. The number of hydrogen-bond acceptors (Lipinski definition) is 4. The molecule has 0 saturated heterocycles. The Hall–Kier alpha value is -2.14. The number of hydrogen-bond donors (Lipinski definition) is 1. The van der Waals surface area contributed by atoms with Gasteiger partial charge in [0, 0.05) is 11.1 Å². The SMILES string of the molecule is Clc1ccc(Cn2ncc3c(NC4CCCCC4)ncnc32)cc1. The second-order valence-corrected chi connectivity index (χ2v) is 6.80. The lowest BCUT2D eigenvalue weighted by molar-refractivity contribution is 0.462. The molecule has 0 aliphatic heterocycles. The van der Waals surface area contributed by atoms with Crippen LogP contribution in [0.5, 0.6) is 0 Å². The first-order chi connectivity index (χ1) is 11.8. The molecule has 2 heterocycles. The van der Waals surface area contributed by atoms with Crippen LogP contribution in [-0.4, -0.2) is 25.8 Å². The quantitative estimate of drug-likeness (QED) is 0.769. The van der Waals surface area contributed by atoms with Crippen LogP contribution in [0.15, 0.2) is 36.8 Å². The Morgan fingerprint density at radius 1 is 1.08 bits per heavy atom. The van der Waals surface area contributed by atoms with Crippen molar-refractivity contribution in [3.05, 3.63) is 47.4 Å². The van der Waals surface area contributed by atoms with Gasteiger partial charge in [-0.2, -0.15) is 5.10 Å². The Morgan fingerprint density at radius 3 is 2.67 bits per heavy atom. The van der Waals surface area contributed by atoms with Gasteiger partial charge in [0.2, 0.25) is 0 Å². The van der Waals surface area contributed by atoms with Gasteiger partial charge in [0.1, 0.15) is 12.1 Å². The van der Waals surface area contributed by atoms with Crippen LogP contribution in [0.4, 0.5) is 5.82 Å². The molecule has 5 nitrogen and oxygen atoms in total. The molecule has 24 heavy (non-hydrogen) atoms. The van der Waals surface area contributed by atoms with Gasteiger partial charge < -0.3 is 5.32 Å². The van der Waals surface area contributed by atoms with Gasteiger partial charge in [-0.25, -0.2) is 14.6 Å². The normalized spacial score (nSPS) is 15.7. The average molecular weight is 342 g/mol. The summed E-state index contributed by atoms with van der Waals surface area (Å²) in [7, 11) is 0. The molecule has 4 rings (SSSR count). The molecule has 124 valence electrons. The van der Waals surface area contributed by atoms with Gasteiger partial charge in [-0.3, -0.25) is 0 Å². The Bertz CT molecular complexity index is 821. The first-order valence-electron chi connectivity index (χ1n) is 8.47. The second kappa shape index (κ2) is 6.77. The van der Waals surface area contributed by atoms with Crippen molar-refractivity contribution in [2.75, 3.05) is 5.32 Å². The fourth-order valence-electron chi connectivity index (χ4n) is 3.33. The van der Waals surface area contributed by atoms with Crippen molar-refractivity contribution in [2.24, 2.45) is 0 Å². The fourth-order valence-corrected chi connectivity index (χ4v) is 3.45. The third-order valence-corrected chi connectivity index (χ3v) is 4.88. The summed E-state index contributed by atoms with van der Waals surface area (Å²) in [6, 6.07) is 8.33. The zero-order chi connectivity index (χ0) is 16.4. The summed E-state index contributed by atoms with van der Waals surface area (Å²) in [5.41, 5.74) is 2.00. The summed E-state index contributed by atoms with van der Waals surface area (Å²) < 4.78 is 1.91. The monoisotopic (exact) mass is 341 g/mol. The van der Waals surface area contributed by atoms with Gasteiger partial charge in [-0.05, 0) is 30.5 Å². The minimum atomic E-state index is 0.511. The minimum absolute atomic E-state index is 0.511. The van der Waals surface area contributed by atoms with Gasteiger partial charge in [0.25, 0.3) is 0 Å². The van der Waals surface area contributed by atoms with Crippen molar-refractivity contribution in [2.45, 2.75) is 44.7 Å². The zero-order valence-corrected chi connectivity index (χ0v) is 14.2. The minimum Gasteiger partial charge on any atom is -0.367 e. The molecular formula is C18H20ClN5. The Morgan fingerprint density at radius 2 is 1.88 bits per heavy atom. The van der Waals surface area contributed by atoms with Crippen LogP contribution in [0.2, 0.25) is 5.02 Å². The van der Waals surface area contributed by atoms with Crippen LogP contribution < -0.4 is 5.32 Å². The molecule has 0 unspecified atom stereocenters. The number of aromatic nitrogens is 4. The highest BCUT2D eigenvalue weighted by molar-refractivity contribution is 6.30. The lowest BCUT2D eigenvalue weighted by Gasteiger charge is -2.23. The van der Waals surface area contributed by atoms with Crippen molar-refractivity contribution < 1.29 is 0 Å². The largest absolute Gasteiger partial charge is 0.367 e. The van der Waals surface area contributed by atoms with E-state index in [-0.39, 0.29) is 0 Å². The van der Waals surface area contributed by atoms with Crippen LogP contribution in [-0.2, 0) is 6.54 Å². The molecule has 1 aliphatic rings. The maximum Gasteiger partial charge on any atom is 0.163 e. The summed E-state index contributed by atoms with van der Waals surface area (Å²) in [5, 5.41) is 9.82. The second-order valence-electron chi connectivity index (χ2n) is 6.37. The lowest BCUT2D eigenvalue weighted by Crippen LogP contribution is -2.22. The number of nitrogens with one attached hydrogen (secondary N) is 1. The molecule has 6 heteroatoms. The molecule has 0 spiro atoms. The van der Waals surface area contributed by atoms with E-state index in [0.717, 1.165) is 27.4 Å². The van der Waals surface area contributed by atoms with E-state index >= 15 is 0 Å². The van der Waals surface area contributed by atoms with Gasteiger partial charge in [-0.1, -0.05) is 43.0 Å². The Labute approximate surface area is 146 Å². The summed E-state index contributed by atoms with van der Waals surface area (Å²) in [6.07, 6.45) is 9.83. The first kappa shape index (κ1) is 15.4. The van der Waals surface area contributed by atoms with Gasteiger partial charge >= 0.3 is 0 Å². The van der Waals surface area contributed by atoms with Gasteiger partial charge in [0.15, 0.2) is 5.65 Å². The molecule has 1 saturated carbocycles. The van der Waals surface area contributed by atoms with Crippen molar-refractivity contribution >= 4 is 28.5 Å². The van der Waals surface area contributed by atoms with E-state index in [0.29, 0.717) is 12.6 Å². The number of rotatable bonds is 4. The van der Waals surface area contributed by atoms with E-state index in [1.807, 2.05) is 35.1 Å². The van der Waals surface area contributed by atoms with Crippen molar-refractivity contribution in [3.8, 4) is 0 Å². The molecule has 0 bridgehead atoms. The number of halogens is 1. The molecule has 0 radical (unpaired) electrons. The number of nitrogens with zero attached hydrogens (tertiary/aromatic N) is 4. The number of benzene rings is 1. The third kappa shape index (κ3) is 3.22. The summed E-state index contributed by atoms with van der Waals surface area (Å²) in [4.78, 5) is 8.87. The van der Waals surface area contributed by atoms with Crippen LogP contribution in [0.1, 0.15) is 37.7 Å². The zero-order valence-electron chi connectivity index (χ0n) is 13.5. The summed E-state index contributed by atoms with van der Waals surface area (Å²) >= 11 is 5.95. The van der Waals surface area contributed by atoms with Crippen LogP contribution in [0, 0.1) is 0 Å². The topological polar surface area (TPSA) is 55.6 Å². The molecule has 1 aromatic carbocycles. The molecule has 1 aliphatic carbocycles. The Balaban J connectivity index is 1.59. The van der Waals surface area contributed by atoms with Crippen LogP contribution in [0.3, 0.4) is 0 Å². The lowest BCUT2D eigenvalue weighted by atomic mass is 9.95. The van der Waals surface area contributed by atoms with Crippen molar-refractivity contribution in [1.29, 1.82) is 0 Å². The van der Waals surface area contributed by atoms with E-state index < -0.39 is 0 Å². The van der Waals surface area contributed by atoms with E-state index in [4.69, 9.17) is 11.6 Å².